The Bertz CT molecular complexity index is 3540. The molecule has 10 heterocycles. The second-order valence-corrected chi connectivity index (χ2v) is 23.7. The first-order valence-electron chi connectivity index (χ1n) is 28.7. The maximum Gasteiger partial charge on any atom is 0.407 e. The highest BCUT2D eigenvalue weighted by molar-refractivity contribution is 6.02. The van der Waals surface area contributed by atoms with Gasteiger partial charge in [-0.1, -0.05) is 42.3 Å². The number of halogens is 2. The Morgan fingerprint density at radius 1 is 0.900 bits per heavy atom. The molecule has 0 aliphatic carbocycles. The van der Waals surface area contributed by atoms with Gasteiger partial charge in [-0.2, -0.15) is 9.97 Å². The topological polar surface area (TPSA) is 187 Å². The number of carbonyl (C=O) groups excluding carboxylic acids is 2. The fraction of sp³-hybridized carbons (Fsp3) is 0.517. The highest BCUT2D eigenvalue weighted by Crippen LogP contribution is 2.45. The first-order valence-corrected chi connectivity index (χ1v) is 28.7. The lowest BCUT2D eigenvalue weighted by Gasteiger charge is -2.43. The summed E-state index contributed by atoms with van der Waals surface area (Å²) in [4.78, 5) is 76.9. The van der Waals surface area contributed by atoms with Gasteiger partial charge < -0.3 is 25.0 Å². The van der Waals surface area contributed by atoms with Gasteiger partial charge in [0.15, 0.2) is 5.82 Å². The van der Waals surface area contributed by atoms with Crippen LogP contribution in [0.5, 0.6) is 6.01 Å². The molecule has 3 aromatic heterocycles. The molecular formula is C60H68F2N12O6. The average Bonchev–Trinajstić information content (AvgIpc) is 4.34. The van der Waals surface area contributed by atoms with Crippen molar-refractivity contribution in [2.75, 3.05) is 70.4 Å². The van der Waals surface area contributed by atoms with E-state index in [-0.39, 0.29) is 70.5 Å². The van der Waals surface area contributed by atoms with Gasteiger partial charge in [-0.3, -0.25) is 43.7 Å². The van der Waals surface area contributed by atoms with Gasteiger partial charge in [0.2, 0.25) is 11.8 Å². The molecule has 80 heavy (non-hydrogen) atoms. The van der Waals surface area contributed by atoms with Gasteiger partial charge in [-0.25, -0.2) is 18.4 Å². The van der Waals surface area contributed by atoms with E-state index in [1.807, 2.05) is 18.2 Å². The molecule has 0 saturated carbocycles. The van der Waals surface area contributed by atoms with Gasteiger partial charge in [-0.05, 0) is 126 Å². The number of piperidine rings is 2. The number of para-hydroxylation sites is 1. The summed E-state index contributed by atoms with van der Waals surface area (Å²) in [6.07, 6.45) is 16.7. The second kappa shape index (κ2) is 21.1. The van der Waals surface area contributed by atoms with E-state index in [2.05, 4.69) is 47.2 Å². The predicted molar refractivity (Wildman–Crippen MR) is 298 cm³/mol. The van der Waals surface area contributed by atoms with Gasteiger partial charge in [0.05, 0.1) is 27.5 Å². The Hall–Kier alpha value is -7.05. The van der Waals surface area contributed by atoms with E-state index >= 15 is 8.78 Å². The summed E-state index contributed by atoms with van der Waals surface area (Å²) >= 11 is 0. The van der Waals surface area contributed by atoms with Crippen molar-refractivity contribution >= 4 is 56.4 Å². The molecule has 418 valence electrons. The molecule has 4 unspecified atom stereocenters. The monoisotopic (exact) mass is 1090 g/mol. The summed E-state index contributed by atoms with van der Waals surface area (Å²) in [5.74, 6) is 1.60. The van der Waals surface area contributed by atoms with Crippen molar-refractivity contribution in [2.45, 2.75) is 119 Å². The van der Waals surface area contributed by atoms with E-state index in [1.165, 1.54) is 6.07 Å². The maximum atomic E-state index is 17.3. The first-order chi connectivity index (χ1) is 38.8. The summed E-state index contributed by atoms with van der Waals surface area (Å²) in [7, 11) is 1.75. The lowest BCUT2D eigenvalue weighted by atomic mass is 9.92. The van der Waals surface area contributed by atoms with Crippen LogP contribution >= 0.6 is 0 Å². The van der Waals surface area contributed by atoms with Crippen LogP contribution in [0.15, 0.2) is 59.5 Å². The van der Waals surface area contributed by atoms with Crippen LogP contribution in [0.25, 0.3) is 44.0 Å². The first kappa shape index (κ1) is 52.3. The highest BCUT2D eigenvalue weighted by Gasteiger charge is 2.51. The Labute approximate surface area is 462 Å². The zero-order valence-electron chi connectivity index (χ0n) is 45.2. The minimum atomic E-state index is -0.879. The number of imide groups is 1. The lowest BCUT2D eigenvalue weighted by molar-refractivity contribution is -0.135. The second-order valence-electron chi connectivity index (χ2n) is 23.7. The Morgan fingerprint density at radius 2 is 1.71 bits per heavy atom. The number of hydrogen-bond acceptors (Lipinski definition) is 13. The molecule has 13 rings (SSSR count). The SMILES string of the molecule is C#Cc1c(F)ccc2cccc(-c3ncc4c(N5CC6CCC(C5)N6)nc(OC[C@@]56CCCN5[C@H](CC5CN(CCC7CCN(Cc8cccc9c8n(C)c(=O)n9C8CCC(=O)NC8=O)CC7)CCN5C(=O)O)CC6)nc4c3F)c12. The van der Waals surface area contributed by atoms with E-state index in [0.717, 1.165) is 101 Å². The zero-order valence-corrected chi connectivity index (χ0v) is 45.2. The minimum Gasteiger partial charge on any atom is -0.465 e. The number of pyridine rings is 1. The number of benzene rings is 3. The maximum absolute atomic E-state index is 17.3. The number of fused-ring (bicyclic) bond motifs is 6. The van der Waals surface area contributed by atoms with Gasteiger partial charge in [0, 0.05) is 94.1 Å². The third-order valence-electron chi connectivity index (χ3n) is 19.1. The van der Waals surface area contributed by atoms with Crippen LogP contribution < -0.4 is 26.0 Å². The zero-order chi connectivity index (χ0) is 55.0. The van der Waals surface area contributed by atoms with Crippen LogP contribution in [0, 0.1) is 29.9 Å². The molecule has 0 radical (unpaired) electrons. The standard InChI is InChI=1S/C60H68F2N12O6/c1-3-43-46(61)14-11-37-7-4-9-44(50(37)43)52-51(62)53-45(30-63-52)55(71-32-39-12-13-40(33-71)64-39)67-57(66-53)80-35-60-21-6-23-73(60)41(17-22-60)29-42-34-70(27-28-72(42)59(78)79)26-20-36-18-24-69(25-19-36)31-38-8-5-10-47-54(38)68(2)58(77)74(47)48-15-16-49(75)65-56(48)76/h1,4-5,7-11,14,30,36,39-42,48,64H,6,12-13,15-29,31-35H2,2H3,(H,78,79)(H,65,75,76)/t39?,40?,41-,42?,48?,60-/m0/s1. The number of terminal acetylenes is 1. The molecule has 20 heteroatoms. The Kier molecular flexibility index (Phi) is 13.8. The number of carbonyl (C=O) groups is 3. The van der Waals surface area contributed by atoms with Crippen LogP contribution in [0.4, 0.5) is 19.4 Å². The summed E-state index contributed by atoms with van der Waals surface area (Å²) in [6, 6.07) is 14.1. The van der Waals surface area contributed by atoms with E-state index in [1.54, 1.807) is 45.5 Å². The van der Waals surface area contributed by atoms with Gasteiger partial charge in [0.25, 0.3) is 0 Å². The summed E-state index contributed by atoms with van der Waals surface area (Å²) in [6.45, 7) is 7.85. The Morgan fingerprint density at radius 3 is 2.50 bits per heavy atom. The van der Waals surface area contributed by atoms with Crippen molar-refractivity contribution in [3.8, 4) is 29.6 Å². The smallest absolute Gasteiger partial charge is 0.407 e. The van der Waals surface area contributed by atoms with Crippen molar-refractivity contribution in [2.24, 2.45) is 13.0 Å². The van der Waals surface area contributed by atoms with Crippen LogP contribution in [0.2, 0.25) is 0 Å². The van der Waals surface area contributed by atoms with Crippen molar-refractivity contribution in [3.05, 3.63) is 88.0 Å². The summed E-state index contributed by atoms with van der Waals surface area (Å²) < 4.78 is 42.3. The molecular weight excluding hydrogens is 1020 g/mol. The molecule has 3 aromatic carbocycles. The van der Waals surface area contributed by atoms with E-state index in [9.17, 15) is 24.3 Å². The normalized spacial score (nSPS) is 25.9. The van der Waals surface area contributed by atoms with Gasteiger partial charge >= 0.3 is 17.8 Å². The van der Waals surface area contributed by atoms with Crippen molar-refractivity contribution in [1.82, 2.24) is 54.3 Å². The molecule has 7 aliphatic heterocycles. The van der Waals surface area contributed by atoms with Crippen molar-refractivity contribution in [1.29, 1.82) is 0 Å². The van der Waals surface area contributed by atoms with Crippen LogP contribution in [-0.2, 0) is 23.2 Å². The summed E-state index contributed by atoms with van der Waals surface area (Å²) in [5, 5.41) is 18.1. The van der Waals surface area contributed by atoms with Crippen LogP contribution in [-0.4, -0.2) is 162 Å². The number of amides is 3. The number of likely N-dealkylation sites (tertiary alicyclic amines) is 1. The fourth-order valence-electron chi connectivity index (χ4n) is 15.0. The quantitative estimate of drug-likeness (QED) is 0.0851. The molecule has 7 aliphatic rings. The minimum absolute atomic E-state index is 0.0130. The molecule has 6 aromatic rings. The van der Waals surface area contributed by atoms with Crippen molar-refractivity contribution < 1.29 is 33.0 Å². The number of carboxylic acid groups (broad SMARTS) is 1. The molecule has 3 amide bonds. The number of nitrogens with one attached hydrogen (secondary N) is 2. The third-order valence-corrected chi connectivity index (χ3v) is 19.1. The number of aromatic nitrogens is 5. The van der Waals surface area contributed by atoms with Gasteiger partial charge in [-0.15, -0.1) is 6.42 Å². The predicted octanol–water partition coefficient (Wildman–Crippen LogP) is 6.41. The number of ether oxygens (including phenoxy) is 1. The molecule has 0 spiro atoms. The third kappa shape index (κ3) is 9.42. The molecule has 2 bridgehead atoms. The van der Waals surface area contributed by atoms with E-state index in [4.69, 9.17) is 21.1 Å². The molecule has 7 saturated heterocycles. The molecule has 18 nitrogen and oxygen atoms in total. The number of hydrogen-bond donors (Lipinski definition) is 3. The molecule has 3 N–H and O–H groups in total. The average molecular weight is 1090 g/mol. The molecule has 6 atom stereocenters. The number of imidazole rings is 1. The van der Waals surface area contributed by atoms with E-state index < -0.39 is 29.7 Å². The molecule has 7 fully saturated rings. The largest absolute Gasteiger partial charge is 0.465 e. The lowest BCUT2D eigenvalue weighted by Crippen LogP contribution is -2.57. The van der Waals surface area contributed by atoms with Crippen LogP contribution in [0.1, 0.15) is 94.2 Å². The van der Waals surface area contributed by atoms with E-state index in [0.29, 0.717) is 91.3 Å². The number of piperazine rings is 2. The number of rotatable bonds is 13. The van der Waals surface area contributed by atoms with Gasteiger partial charge in [0.1, 0.15) is 35.5 Å². The summed E-state index contributed by atoms with van der Waals surface area (Å²) in [5.41, 5.74) is 2.48. The Balaban J connectivity index is 0.671. The highest BCUT2D eigenvalue weighted by atomic mass is 19.1. The number of aryl methyl sites for hydroxylation is 1. The fourth-order valence-corrected chi connectivity index (χ4v) is 15.0. The van der Waals surface area contributed by atoms with Crippen LogP contribution in [0.3, 0.4) is 0 Å². The number of anilines is 1. The van der Waals surface area contributed by atoms with Crippen molar-refractivity contribution in [3.63, 3.8) is 0 Å². The number of nitrogens with zero attached hydrogens (tertiary/aromatic N) is 10.